The Bertz CT molecular complexity index is 566. The molecule has 1 aromatic carbocycles. The molecule has 0 fully saturated rings. The normalized spacial score (nSPS) is 19.6. The van der Waals surface area contributed by atoms with E-state index in [1.807, 2.05) is 0 Å². The molecule has 0 saturated heterocycles. The molecule has 1 aliphatic heterocycles. The fourth-order valence-corrected chi connectivity index (χ4v) is 3.07. The minimum Gasteiger partial charge on any atom is -0.346 e. The van der Waals surface area contributed by atoms with Gasteiger partial charge in [0, 0.05) is 36.7 Å². The SMILES string of the molecule is CCc1ccc2c(c1)c1c(n2C)CNCC1C. The number of rotatable bonds is 1. The van der Waals surface area contributed by atoms with Gasteiger partial charge in [-0.1, -0.05) is 19.9 Å². The van der Waals surface area contributed by atoms with Crippen LogP contribution in [0.5, 0.6) is 0 Å². The van der Waals surface area contributed by atoms with Gasteiger partial charge in [-0.05, 0) is 35.6 Å². The number of hydrogen-bond acceptors (Lipinski definition) is 1. The number of nitrogens with zero attached hydrogens (tertiary/aromatic N) is 1. The Morgan fingerprint density at radius 3 is 3.00 bits per heavy atom. The second-order valence-corrected chi connectivity index (χ2v) is 5.16. The summed E-state index contributed by atoms with van der Waals surface area (Å²) in [6, 6.07) is 6.92. The quantitative estimate of drug-likeness (QED) is 0.794. The highest BCUT2D eigenvalue weighted by molar-refractivity contribution is 5.87. The van der Waals surface area contributed by atoms with Gasteiger partial charge in [-0.3, -0.25) is 0 Å². The van der Waals surface area contributed by atoms with Gasteiger partial charge in [0.25, 0.3) is 0 Å². The summed E-state index contributed by atoms with van der Waals surface area (Å²) in [6.07, 6.45) is 1.12. The highest BCUT2D eigenvalue weighted by Gasteiger charge is 2.23. The van der Waals surface area contributed by atoms with Crippen LogP contribution in [-0.4, -0.2) is 11.1 Å². The first kappa shape index (κ1) is 10.8. The van der Waals surface area contributed by atoms with Crippen molar-refractivity contribution in [3.63, 3.8) is 0 Å². The second kappa shape index (κ2) is 3.88. The van der Waals surface area contributed by atoms with Crippen molar-refractivity contribution in [1.82, 2.24) is 9.88 Å². The van der Waals surface area contributed by atoms with Gasteiger partial charge in [-0.15, -0.1) is 0 Å². The van der Waals surface area contributed by atoms with Crippen LogP contribution in [0, 0.1) is 0 Å². The third-order valence-electron chi connectivity index (χ3n) is 4.07. The predicted molar refractivity (Wildman–Crippen MR) is 72.4 cm³/mol. The smallest absolute Gasteiger partial charge is 0.0483 e. The molecule has 2 nitrogen and oxygen atoms in total. The predicted octanol–water partition coefficient (Wildman–Crippen LogP) is 2.95. The van der Waals surface area contributed by atoms with Crippen molar-refractivity contribution >= 4 is 10.9 Å². The van der Waals surface area contributed by atoms with E-state index in [1.165, 1.54) is 22.2 Å². The topological polar surface area (TPSA) is 17.0 Å². The average Bonchev–Trinajstić information content (AvgIpc) is 2.64. The molecule has 2 aromatic rings. The Balaban J connectivity index is 2.34. The van der Waals surface area contributed by atoms with Crippen LogP contribution in [0.25, 0.3) is 10.9 Å². The van der Waals surface area contributed by atoms with Crippen molar-refractivity contribution in [2.45, 2.75) is 32.7 Å². The van der Waals surface area contributed by atoms with Gasteiger partial charge in [0.2, 0.25) is 0 Å². The third kappa shape index (κ3) is 1.51. The van der Waals surface area contributed by atoms with Crippen molar-refractivity contribution in [1.29, 1.82) is 0 Å². The molecule has 0 saturated carbocycles. The van der Waals surface area contributed by atoms with E-state index >= 15 is 0 Å². The Labute approximate surface area is 103 Å². The van der Waals surface area contributed by atoms with E-state index in [2.05, 4.69) is 49.0 Å². The lowest BCUT2D eigenvalue weighted by Gasteiger charge is -2.21. The number of nitrogens with one attached hydrogen (secondary N) is 1. The summed E-state index contributed by atoms with van der Waals surface area (Å²) >= 11 is 0. The summed E-state index contributed by atoms with van der Waals surface area (Å²) < 4.78 is 2.35. The molecule has 2 heterocycles. The number of hydrogen-bond donors (Lipinski definition) is 1. The van der Waals surface area contributed by atoms with E-state index in [4.69, 9.17) is 0 Å². The minimum atomic E-state index is 0.620. The Morgan fingerprint density at radius 2 is 2.24 bits per heavy atom. The third-order valence-corrected chi connectivity index (χ3v) is 4.07. The molecule has 0 bridgehead atoms. The van der Waals surface area contributed by atoms with E-state index in [1.54, 1.807) is 5.56 Å². The summed E-state index contributed by atoms with van der Waals surface area (Å²) in [5, 5.41) is 4.97. The first-order valence-corrected chi connectivity index (χ1v) is 6.53. The van der Waals surface area contributed by atoms with Crippen molar-refractivity contribution in [3.05, 3.63) is 35.0 Å². The number of fused-ring (bicyclic) bond motifs is 3. The van der Waals surface area contributed by atoms with Crippen molar-refractivity contribution in [2.75, 3.05) is 6.54 Å². The fraction of sp³-hybridized carbons (Fsp3) is 0.467. The maximum absolute atomic E-state index is 3.50. The Kier molecular flexibility index (Phi) is 2.48. The van der Waals surface area contributed by atoms with Gasteiger partial charge < -0.3 is 9.88 Å². The zero-order chi connectivity index (χ0) is 12.0. The van der Waals surface area contributed by atoms with Crippen LogP contribution < -0.4 is 5.32 Å². The number of aryl methyl sites for hydroxylation is 2. The average molecular weight is 228 g/mol. The van der Waals surface area contributed by atoms with Crippen LogP contribution in [0.4, 0.5) is 0 Å². The maximum atomic E-state index is 3.50. The van der Waals surface area contributed by atoms with Crippen LogP contribution in [0.1, 0.15) is 36.6 Å². The molecule has 1 unspecified atom stereocenters. The molecular formula is C15H20N2. The number of benzene rings is 1. The summed E-state index contributed by atoms with van der Waals surface area (Å²) in [7, 11) is 2.19. The lowest BCUT2D eigenvalue weighted by atomic mass is 9.94. The zero-order valence-corrected chi connectivity index (χ0v) is 10.9. The van der Waals surface area contributed by atoms with Crippen LogP contribution in [-0.2, 0) is 20.0 Å². The molecule has 0 amide bonds. The molecule has 90 valence electrons. The Morgan fingerprint density at radius 1 is 1.41 bits per heavy atom. The maximum Gasteiger partial charge on any atom is 0.0483 e. The second-order valence-electron chi connectivity index (χ2n) is 5.16. The summed E-state index contributed by atoms with van der Waals surface area (Å²) in [5.41, 5.74) is 5.85. The highest BCUT2D eigenvalue weighted by Crippen LogP contribution is 2.34. The summed E-state index contributed by atoms with van der Waals surface area (Å²) in [5.74, 6) is 0.620. The van der Waals surface area contributed by atoms with E-state index in [0.717, 1.165) is 19.5 Å². The van der Waals surface area contributed by atoms with E-state index in [-0.39, 0.29) is 0 Å². The van der Waals surface area contributed by atoms with E-state index in [9.17, 15) is 0 Å². The van der Waals surface area contributed by atoms with Gasteiger partial charge in [0.15, 0.2) is 0 Å². The molecule has 1 atom stereocenters. The monoisotopic (exact) mass is 228 g/mol. The largest absolute Gasteiger partial charge is 0.346 e. The summed E-state index contributed by atoms with van der Waals surface area (Å²) in [6.45, 7) is 6.65. The van der Waals surface area contributed by atoms with Gasteiger partial charge >= 0.3 is 0 Å². The molecule has 1 N–H and O–H groups in total. The Hall–Kier alpha value is -1.28. The first-order chi connectivity index (χ1) is 8.22. The van der Waals surface area contributed by atoms with Crippen molar-refractivity contribution in [3.8, 4) is 0 Å². The first-order valence-electron chi connectivity index (χ1n) is 6.53. The lowest BCUT2D eigenvalue weighted by Crippen LogP contribution is -2.27. The molecule has 0 aliphatic carbocycles. The molecule has 1 aromatic heterocycles. The van der Waals surface area contributed by atoms with Crippen LogP contribution in [0.15, 0.2) is 18.2 Å². The summed E-state index contributed by atoms with van der Waals surface area (Å²) in [4.78, 5) is 0. The van der Waals surface area contributed by atoms with Crippen molar-refractivity contribution in [2.24, 2.45) is 7.05 Å². The molecule has 2 heteroatoms. The fourth-order valence-electron chi connectivity index (χ4n) is 3.07. The molecule has 17 heavy (non-hydrogen) atoms. The standard InChI is InChI=1S/C15H20N2/c1-4-11-5-6-13-12(7-11)15-10(2)8-16-9-14(15)17(13)3/h5-7,10,16H,4,8-9H2,1-3H3. The van der Waals surface area contributed by atoms with Crippen LogP contribution in [0.3, 0.4) is 0 Å². The molecular weight excluding hydrogens is 208 g/mol. The van der Waals surface area contributed by atoms with Gasteiger partial charge in [0.05, 0.1) is 0 Å². The molecule has 0 radical (unpaired) electrons. The van der Waals surface area contributed by atoms with Gasteiger partial charge in [-0.25, -0.2) is 0 Å². The molecule has 3 rings (SSSR count). The van der Waals surface area contributed by atoms with Gasteiger partial charge in [-0.2, -0.15) is 0 Å². The molecule has 1 aliphatic rings. The number of aromatic nitrogens is 1. The van der Waals surface area contributed by atoms with Crippen molar-refractivity contribution < 1.29 is 0 Å². The highest BCUT2D eigenvalue weighted by atomic mass is 15.0. The molecule has 0 spiro atoms. The lowest BCUT2D eigenvalue weighted by molar-refractivity contribution is 0.553. The van der Waals surface area contributed by atoms with Crippen LogP contribution >= 0.6 is 0 Å². The van der Waals surface area contributed by atoms with E-state index < -0.39 is 0 Å². The zero-order valence-electron chi connectivity index (χ0n) is 10.9. The van der Waals surface area contributed by atoms with Crippen LogP contribution in [0.2, 0.25) is 0 Å². The van der Waals surface area contributed by atoms with E-state index in [0.29, 0.717) is 5.92 Å². The minimum absolute atomic E-state index is 0.620. The van der Waals surface area contributed by atoms with Gasteiger partial charge in [0.1, 0.15) is 0 Å².